The van der Waals surface area contributed by atoms with Gasteiger partial charge in [-0.1, -0.05) is 13.8 Å². The maximum absolute atomic E-state index is 12.4. The third kappa shape index (κ3) is 3.18. The van der Waals surface area contributed by atoms with Crippen LogP contribution in [0.5, 0.6) is 0 Å². The van der Waals surface area contributed by atoms with Gasteiger partial charge in [-0.15, -0.1) is 0 Å². The molecule has 2 rings (SSSR count). The second kappa shape index (κ2) is 5.40. The lowest BCUT2D eigenvalue weighted by Crippen LogP contribution is -2.14. The van der Waals surface area contributed by atoms with Crippen molar-refractivity contribution in [3.63, 3.8) is 0 Å². The zero-order valence-corrected chi connectivity index (χ0v) is 13.4. The van der Waals surface area contributed by atoms with Gasteiger partial charge in [0.05, 0.1) is 4.90 Å². The number of nitrogens with two attached hydrogens (primary N) is 1. The van der Waals surface area contributed by atoms with Crippen molar-refractivity contribution in [2.24, 2.45) is 0 Å². The lowest BCUT2D eigenvalue weighted by molar-refractivity contribution is 0.601. The van der Waals surface area contributed by atoms with Crippen LogP contribution in [0.25, 0.3) is 0 Å². The van der Waals surface area contributed by atoms with Crippen molar-refractivity contribution in [1.82, 2.24) is 10.2 Å². The first kappa shape index (κ1) is 15.4. The Balaban J connectivity index is 2.33. The van der Waals surface area contributed by atoms with Gasteiger partial charge in [0.15, 0.2) is 5.82 Å². The Hall–Kier alpha value is -2.02. The van der Waals surface area contributed by atoms with Gasteiger partial charge in [0, 0.05) is 17.4 Å². The first-order valence-electron chi connectivity index (χ1n) is 6.65. The topological polar surface area (TPSA) is 101 Å². The van der Waals surface area contributed by atoms with E-state index in [0.29, 0.717) is 5.69 Å². The number of nitrogen functional groups attached to an aromatic ring is 1. The standard InChI is InChI=1S/C14H20N4O2S/c1-8(2)13-7-14(17-16-13)18-21(19,20)11-5-9(3)10(4)12(15)6-11/h5-8H,15H2,1-4H3,(H2,16,17,18). The molecule has 0 fully saturated rings. The molecule has 2 aromatic rings. The Kier molecular flexibility index (Phi) is 3.95. The molecular formula is C14H20N4O2S. The van der Waals surface area contributed by atoms with Gasteiger partial charge in [-0.05, 0) is 43.0 Å². The lowest BCUT2D eigenvalue weighted by Gasteiger charge is -2.10. The molecule has 4 N–H and O–H groups in total. The van der Waals surface area contributed by atoms with Crippen molar-refractivity contribution < 1.29 is 8.42 Å². The number of hydrogen-bond acceptors (Lipinski definition) is 4. The van der Waals surface area contributed by atoms with Crippen molar-refractivity contribution in [3.8, 4) is 0 Å². The van der Waals surface area contributed by atoms with Gasteiger partial charge in [0.2, 0.25) is 0 Å². The number of sulfonamides is 1. The van der Waals surface area contributed by atoms with Crippen molar-refractivity contribution in [2.75, 3.05) is 10.5 Å². The quantitative estimate of drug-likeness (QED) is 0.755. The van der Waals surface area contributed by atoms with E-state index < -0.39 is 10.0 Å². The molecule has 21 heavy (non-hydrogen) atoms. The van der Waals surface area contributed by atoms with Crippen LogP contribution in [0.3, 0.4) is 0 Å². The fraction of sp³-hybridized carbons (Fsp3) is 0.357. The molecule has 0 aliphatic carbocycles. The number of anilines is 2. The van der Waals surface area contributed by atoms with E-state index in [0.717, 1.165) is 16.8 Å². The Morgan fingerprint density at radius 3 is 2.43 bits per heavy atom. The minimum Gasteiger partial charge on any atom is -0.398 e. The highest BCUT2D eigenvalue weighted by Crippen LogP contribution is 2.23. The van der Waals surface area contributed by atoms with Gasteiger partial charge < -0.3 is 5.73 Å². The van der Waals surface area contributed by atoms with Crippen LogP contribution in [0.2, 0.25) is 0 Å². The van der Waals surface area contributed by atoms with Crippen LogP contribution in [0.4, 0.5) is 11.5 Å². The van der Waals surface area contributed by atoms with E-state index in [-0.39, 0.29) is 16.6 Å². The highest BCUT2D eigenvalue weighted by Gasteiger charge is 2.18. The summed E-state index contributed by atoms with van der Waals surface area (Å²) in [6, 6.07) is 4.75. The zero-order chi connectivity index (χ0) is 15.8. The summed E-state index contributed by atoms with van der Waals surface area (Å²) in [6.45, 7) is 7.68. The summed E-state index contributed by atoms with van der Waals surface area (Å²) in [5.41, 5.74) is 8.89. The van der Waals surface area contributed by atoms with Crippen molar-refractivity contribution in [2.45, 2.75) is 38.5 Å². The molecule has 0 bridgehead atoms. The third-order valence-electron chi connectivity index (χ3n) is 3.45. The van der Waals surface area contributed by atoms with Gasteiger partial charge in [0.1, 0.15) is 0 Å². The smallest absolute Gasteiger partial charge is 0.263 e. The minimum absolute atomic E-state index is 0.136. The first-order valence-corrected chi connectivity index (χ1v) is 8.14. The van der Waals surface area contributed by atoms with Gasteiger partial charge >= 0.3 is 0 Å². The van der Waals surface area contributed by atoms with Gasteiger partial charge in [-0.3, -0.25) is 9.82 Å². The Labute approximate surface area is 124 Å². The molecule has 0 amide bonds. The molecule has 0 aliphatic rings. The normalized spacial score (nSPS) is 11.9. The molecule has 114 valence electrons. The first-order chi connectivity index (χ1) is 9.70. The van der Waals surface area contributed by atoms with Crippen LogP contribution in [0.1, 0.15) is 36.6 Å². The average molecular weight is 308 g/mol. The maximum atomic E-state index is 12.4. The fourth-order valence-electron chi connectivity index (χ4n) is 1.89. The second-order valence-electron chi connectivity index (χ2n) is 5.42. The molecule has 1 aromatic carbocycles. The van der Waals surface area contributed by atoms with Crippen molar-refractivity contribution >= 4 is 21.5 Å². The van der Waals surface area contributed by atoms with Crippen LogP contribution in [0.15, 0.2) is 23.1 Å². The third-order valence-corrected chi connectivity index (χ3v) is 4.78. The molecule has 0 atom stereocenters. The van der Waals surface area contributed by atoms with E-state index in [9.17, 15) is 8.42 Å². The number of hydrogen-bond donors (Lipinski definition) is 3. The molecule has 0 aliphatic heterocycles. The molecule has 1 aromatic heterocycles. The number of aromatic nitrogens is 2. The number of H-pyrrole nitrogens is 1. The van der Waals surface area contributed by atoms with Crippen LogP contribution in [-0.2, 0) is 10.0 Å². The SMILES string of the molecule is Cc1cc(S(=O)(=O)Nc2cc(C(C)C)[nH]n2)cc(N)c1C. The van der Waals surface area contributed by atoms with Crippen LogP contribution in [-0.4, -0.2) is 18.6 Å². The largest absolute Gasteiger partial charge is 0.398 e. The van der Waals surface area contributed by atoms with Crippen LogP contribution < -0.4 is 10.5 Å². The lowest BCUT2D eigenvalue weighted by atomic mass is 10.1. The predicted molar refractivity (Wildman–Crippen MR) is 83.8 cm³/mol. The molecule has 0 saturated heterocycles. The molecule has 0 unspecified atom stereocenters. The molecule has 7 heteroatoms. The summed E-state index contributed by atoms with van der Waals surface area (Å²) < 4.78 is 27.2. The Bertz CT molecular complexity index is 740. The summed E-state index contributed by atoms with van der Waals surface area (Å²) >= 11 is 0. The molecule has 1 heterocycles. The summed E-state index contributed by atoms with van der Waals surface area (Å²) in [4.78, 5) is 0.136. The molecular weight excluding hydrogens is 288 g/mol. The van der Waals surface area contributed by atoms with Crippen molar-refractivity contribution in [1.29, 1.82) is 0 Å². The molecule has 0 radical (unpaired) electrons. The molecule has 0 spiro atoms. The summed E-state index contributed by atoms with van der Waals surface area (Å²) in [7, 11) is -3.70. The Morgan fingerprint density at radius 1 is 1.24 bits per heavy atom. The van der Waals surface area contributed by atoms with Crippen molar-refractivity contribution in [3.05, 3.63) is 35.0 Å². The number of rotatable bonds is 4. The van der Waals surface area contributed by atoms with E-state index in [1.54, 1.807) is 12.1 Å². The number of benzene rings is 1. The average Bonchev–Trinajstić information content (AvgIpc) is 2.83. The van der Waals surface area contributed by atoms with E-state index in [4.69, 9.17) is 5.73 Å². The zero-order valence-electron chi connectivity index (χ0n) is 12.6. The predicted octanol–water partition coefficient (Wildman–Crippen LogP) is 2.53. The highest BCUT2D eigenvalue weighted by molar-refractivity contribution is 7.92. The van der Waals surface area contributed by atoms with Crippen LogP contribution >= 0.6 is 0 Å². The maximum Gasteiger partial charge on any atom is 0.263 e. The second-order valence-corrected chi connectivity index (χ2v) is 7.11. The van der Waals surface area contributed by atoms with E-state index >= 15 is 0 Å². The molecule has 0 saturated carbocycles. The van der Waals surface area contributed by atoms with Gasteiger partial charge in [-0.2, -0.15) is 5.10 Å². The summed E-state index contributed by atoms with van der Waals surface area (Å²) in [6.07, 6.45) is 0. The van der Waals surface area contributed by atoms with E-state index in [1.165, 1.54) is 6.07 Å². The van der Waals surface area contributed by atoms with E-state index in [1.807, 2.05) is 27.7 Å². The molecule has 6 nitrogen and oxygen atoms in total. The number of nitrogens with zero attached hydrogens (tertiary/aromatic N) is 1. The highest BCUT2D eigenvalue weighted by atomic mass is 32.2. The Morgan fingerprint density at radius 2 is 1.90 bits per heavy atom. The monoisotopic (exact) mass is 308 g/mol. The summed E-state index contributed by atoms with van der Waals surface area (Å²) in [5, 5.41) is 6.77. The number of aromatic amines is 1. The minimum atomic E-state index is -3.70. The van der Waals surface area contributed by atoms with Gasteiger partial charge in [0.25, 0.3) is 10.0 Å². The van der Waals surface area contributed by atoms with Gasteiger partial charge in [-0.25, -0.2) is 8.42 Å². The number of aryl methyl sites for hydroxylation is 1. The fourth-order valence-corrected chi connectivity index (χ4v) is 3.00. The van der Waals surface area contributed by atoms with Crippen LogP contribution in [0, 0.1) is 13.8 Å². The summed E-state index contributed by atoms with van der Waals surface area (Å²) in [5.74, 6) is 0.517. The van der Waals surface area contributed by atoms with E-state index in [2.05, 4.69) is 14.9 Å². The number of nitrogens with one attached hydrogen (secondary N) is 2.